The van der Waals surface area contributed by atoms with Gasteiger partial charge in [0.25, 0.3) is 0 Å². The van der Waals surface area contributed by atoms with E-state index in [9.17, 15) is 9.90 Å². The Morgan fingerprint density at radius 1 is 1.09 bits per heavy atom. The van der Waals surface area contributed by atoms with Gasteiger partial charge < -0.3 is 14.2 Å². The number of para-hydroxylation sites is 1. The summed E-state index contributed by atoms with van der Waals surface area (Å²) in [6.07, 6.45) is 4.37. The van der Waals surface area contributed by atoms with Gasteiger partial charge >= 0.3 is 5.97 Å². The van der Waals surface area contributed by atoms with Gasteiger partial charge in [-0.1, -0.05) is 18.2 Å². The molecule has 1 aliphatic carbocycles. The first-order chi connectivity index (χ1) is 15.6. The molecule has 1 saturated carbocycles. The van der Waals surface area contributed by atoms with Crippen molar-refractivity contribution in [3.05, 3.63) is 59.8 Å². The lowest BCUT2D eigenvalue weighted by Crippen LogP contribution is -2.03. The number of carboxylic acids is 1. The summed E-state index contributed by atoms with van der Waals surface area (Å²) in [7, 11) is 0. The van der Waals surface area contributed by atoms with Crippen molar-refractivity contribution < 1.29 is 9.90 Å². The molecular weight excluding hydrogens is 400 g/mol. The number of pyridine rings is 1. The Morgan fingerprint density at radius 3 is 2.66 bits per heavy atom. The number of hydrogen-bond donors (Lipinski definition) is 1. The predicted octanol–water partition coefficient (Wildman–Crippen LogP) is 5.64. The molecule has 3 aromatic heterocycles. The number of rotatable bonds is 5. The SMILES string of the molecule is CCn1c2ccccc2c2cc(-c3nc4c(C)c(C(=O)O)ccc4n3CC3CC3)cnc21. The van der Waals surface area contributed by atoms with Gasteiger partial charge in [0.15, 0.2) is 0 Å². The molecule has 0 spiro atoms. The van der Waals surface area contributed by atoms with Gasteiger partial charge in [-0.25, -0.2) is 14.8 Å². The number of fused-ring (bicyclic) bond motifs is 4. The van der Waals surface area contributed by atoms with Crippen LogP contribution in [0.2, 0.25) is 0 Å². The van der Waals surface area contributed by atoms with Crippen molar-refractivity contribution in [3.8, 4) is 11.4 Å². The molecular formula is C26H24N4O2. The Labute approximate surface area is 185 Å². The third kappa shape index (κ3) is 2.75. The second-order valence-electron chi connectivity index (χ2n) is 8.76. The van der Waals surface area contributed by atoms with E-state index >= 15 is 0 Å². The summed E-state index contributed by atoms with van der Waals surface area (Å²) in [4.78, 5) is 21.5. The fraction of sp³-hybridized carbons (Fsp3) is 0.269. The van der Waals surface area contributed by atoms with Gasteiger partial charge in [0, 0.05) is 35.6 Å². The van der Waals surface area contributed by atoms with Gasteiger partial charge in [-0.15, -0.1) is 0 Å². The lowest BCUT2D eigenvalue weighted by atomic mass is 10.1. The van der Waals surface area contributed by atoms with Crippen LogP contribution in [-0.2, 0) is 13.1 Å². The van der Waals surface area contributed by atoms with Crippen LogP contribution < -0.4 is 0 Å². The molecule has 2 aromatic carbocycles. The molecule has 6 heteroatoms. The zero-order valence-corrected chi connectivity index (χ0v) is 18.2. The van der Waals surface area contributed by atoms with E-state index in [1.54, 1.807) is 6.07 Å². The fourth-order valence-corrected chi connectivity index (χ4v) is 4.88. The number of carbonyl (C=O) groups is 1. The van der Waals surface area contributed by atoms with Gasteiger partial charge in [0.2, 0.25) is 0 Å². The van der Waals surface area contributed by atoms with Crippen molar-refractivity contribution >= 4 is 38.9 Å². The first kappa shape index (κ1) is 19.0. The third-order valence-electron chi connectivity index (χ3n) is 6.72. The van der Waals surface area contributed by atoms with Crippen LogP contribution >= 0.6 is 0 Å². The molecule has 1 fully saturated rings. The number of aryl methyl sites for hydroxylation is 2. The number of carboxylic acid groups (broad SMARTS) is 1. The Balaban J connectivity index is 1.62. The largest absolute Gasteiger partial charge is 0.478 e. The van der Waals surface area contributed by atoms with E-state index in [2.05, 4.69) is 46.4 Å². The van der Waals surface area contributed by atoms with Crippen molar-refractivity contribution in [2.75, 3.05) is 0 Å². The maximum absolute atomic E-state index is 11.7. The topological polar surface area (TPSA) is 72.9 Å². The van der Waals surface area contributed by atoms with Crippen LogP contribution in [0.4, 0.5) is 0 Å². The van der Waals surface area contributed by atoms with Gasteiger partial charge in [-0.3, -0.25) is 0 Å². The van der Waals surface area contributed by atoms with Crippen LogP contribution in [0.25, 0.3) is 44.4 Å². The maximum Gasteiger partial charge on any atom is 0.336 e. The Morgan fingerprint density at radius 2 is 1.91 bits per heavy atom. The molecule has 1 aliphatic rings. The molecule has 3 heterocycles. The standard InChI is InChI=1S/C26H24N4O2/c1-3-29-21-7-5-4-6-19(21)20-12-17(13-27-25(20)29)24-28-23-15(2)18(26(31)32)10-11-22(23)30(24)14-16-8-9-16/h4-7,10-13,16H,3,8-9,14H2,1-2H3,(H,31,32). The monoisotopic (exact) mass is 424 g/mol. The quantitative estimate of drug-likeness (QED) is 0.396. The highest BCUT2D eigenvalue weighted by Crippen LogP contribution is 2.37. The number of hydrogen-bond acceptors (Lipinski definition) is 3. The van der Waals surface area contributed by atoms with Crippen LogP contribution in [-0.4, -0.2) is 30.2 Å². The average Bonchev–Trinajstić information content (AvgIpc) is 3.46. The van der Waals surface area contributed by atoms with E-state index in [0.29, 0.717) is 17.0 Å². The number of imidazole rings is 1. The summed E-state index contributed by atoms with van der Waals surface area (Å²) < 4.78 is 4.50. The molecule has 0 atom stereocenters. The molecule has 32 heavy (non-hydrogen) atoms. The van der Waals surface area contributed by atoms with Crippen LogP contribution in [0.15, 0.2) is 48.7 Å². The number of benzene rings is 2. The van der Waals surface area contributed by atoms with E-state index in [1.807, 2.05) is 19.2 Å². The van der Waals surface area contributed by atoms with E-state index in [1.165, 1.54) is 23.7 Å². The summed E-state index contributed by atoms with van der Waals surface area (Å²) in [5.41, 5.74) is 5.89. The first-order valence-corrected chi connectivity index (χ1v) is 11.2. The minimum absolute atomic E-state index is 0.305. The van der Waals surface area contributed by atoms with Crippen molar-refractivity contribution in [2.24, 2.45) is 5.92 Å². The second-order valence-corrected chi connectivity index (χ2v) is 8.76. The van der Waals surface area contributed by atoms with Crippen molar-refractivity contribution in [1.82, 2.24) is 19.1 Å². The second kappa shape index (κ2) is 6.92. The van der Waals surface area contributed by atoms with E-state index in [-0.39, 0.29) is 0 Å². The average molecular weight is 425 g/mol. The molecule has 0 unspecified atom stereocenters. The molecule has 0 bridgehead atoms. The molecule has 0 radical (unpaired) electrons. The van der Waals surface area contributed by atoms with Crippen molar-refractivity contribution in [1.29, 1.82) is 0 Å². The van der Waals surface area contributed by atoms with Gasteiger partial charge in [0.05, 0.1) is 22.1 Å². The highest BCUT2D eigenvalue weighted by molar-refractivity contribution is 6.07. The minimum Gasteiger partial charge on any atom is -0.478 e. The smallest absolute Gasteiger partial charge is 0.336 e. The highest BCUT2D eigenvalue weighted by atomic mass is 16.4. The van der Waals surface area contributed by atoms with Crippen molar-refractivity contribution in [2.45, 2.75) is 39.8 Å². The Bertz CT molecular complexity index is 1540. The zero-order chi connectivity index (χ0) is 22.0. The molecule has 5 aromatic rings. The summed E-state index contributed by atoms with van der Waals surface area (Å²) in [5, 5.41) is 11.9. The predicted molar refractivity (Wildman–Crippen MR) is 126 cm³/mol. The van der Waals surface area contributed by atoms with Crippen LogP contribution in [0.3, 0.4) is 0 Å². The molecule has 1 N–H and O–H groups in total. The number of aromatic carboxylic acids is 1. The van der Waals surface area contributed by atoms with E-state index in [4.69, 9.17) is 9.97 Å². The normalized spacial score (nSPS) is 14.1. The van der Waals surface area contributed by atoms with Crippen LogP contribution in [0.5, 0.6) is 0 Å². The summed E-state index contributed by atoms with van der Waals surface area (Å²) in [5.74, 6) is 0.600. The summed E-state index contributed by atoms with van der Waals surface area (Å²) in [6.45, 7) is 5.74. The summed E-state index contributed by atoms with van der Waals surface area (Å²) >= 11 is 0. The van der Waals surface area contributed by atoms with Crippen molar-refractivity contribution in [3.63, 3.8) is 0 Å². The Kier molecular flexibility index (Phi) is 4.12. The van der Waals surface area contributed by atoms with Gasteiger partial charge in [0.1, 0.15) is 11.5 Å². The number of nitrogens with zero attached hydrogens (tertiary/aromatic N) is 4. The van der Waals surface area contributed by atoms with E-state index < -0.39 is 5.97 Å². The molecule has 0 amide bonds. The molecule has 6 nitrogen and oxygen atoms in total. The number of aromatic nitrogens is 4. The van der Waals surface area contributed by atoms with Crippen LogP contribution in [0.1, 0.15) is 35.7 Å². The highest BCUT2D eigenvalue weighted by Gasteiger charge is 2.26. The zero-order valence-electron chi connectivity index (χ0n) is 18.2. The first-order valence-electron chi connectivity index (χ1n) is 11.2. The fourth-order valence-electron chi connectivity index (χ4n) is 4.88. The third-order valence-corrected chi connectivity index (χ3v) is 6.72. The Hall–Kier alpha value is -3.67. The van der Waals surface area contributed by atoms with E-state index in [0.717, 1.165) is 46.5 Å². The lowest BCUT2D eigenvalue weighted by Gasteiger charge is -2.09. The minimum atomic E-state index is -0.918. The van der Waals surface area contributed by atoms with Gasteiger partial charge in [-0.2, -0.15) is 0 Å². The van der Waals surface area contributed by atoms with Gasteiger partial charge in [-0.05, 0) is 62.4 Å². The van der Waals surface area contributed by atoms with Crippen LogP contribution in [0, 0.1) is 12.8 Å². The lowest BCUT2D eigenvalue weighted by molar-refractivity contribution is 0.0696. The molecule has 160 valence electrons. The summed E-state index contributed by atoms with van der Waals surface area (Å²) in [6, 6.07) is 14.2. The molecule has 0 saturated heterocycles. The molecule has 6 rings (SSSR count). The molecule has 0 aliphatic heterocycles. The maximum atomic E-state index is 11.7.